The molecule has 0 aliphatic carbocycles. The van der Waals surface area contributed by atoms with Gasteiger partial charge < -0.3 is 14.2 Å². The summed E-state index contributed by atoms with van der Waals surface area (Å²) >= 11 is 0. The summed E-state index contributed by atoms with van der Waals surface area (Å²) in [6.45, 7) is 1.31. The molecule has 1 rings (SSSR count). The molecule has 0 bridgehead atoms. The van der Waals surface area contributed by atoms with E-state index < -0.39 is 12.9 Å². The first-order valence-corrected chi connectivity index (χ1v) is 6.93. The highest BCUT2D eigenvalue weighted by Gasteiger charge is 2.50. The number of aliphatic hydroxyl groups is 1. The maximum Gasteiger partial charge on any atom is 0.366 e. The van der Waals surface area contributed by atoms with Crippen LogP contribution in [-0.4, -0.2) is 25.1 Å². The van der Waals surface area contributed by atoms with Crippen molar-refractivity contribution in [1.29, 1.82) is 0 Å². The summed E-state index contributed by atoms with van der Waals surface area (Å²) in [6.07, 6.45) is -0.337. The van der Waals surface area contributed by atoms with Gasteiger partial charge in [-0.3, -0.25) is 9.36 Å². The number of benzene rings is 1. The standard InChI is InChI=1S/C12H17O5P/c1-10(13)9-12(14,18(15,16-2)17-3)11-7-5-4-6-8-11/h4-8,14H,9H2,1-3H3. The van der Waals surface area contributed by atoms with Gasteiger partial charge in [0.1, 0.15) is 5.78 Å². The van der Waals surface area contributed by atoms with Crippen LogP contribution in [0.2, 0.25) is 0 Å². The lowest BCUT2D eigenvalue weighted by atomic mass is 10.0. The SMILES string of the molecule is COP(=O)(OC)C(O)(CC(C)=O)c1ccccc1. The number of hydrogen-bond donors (Lipinski definition) is 1. The zero-order valence-corrected chi connectivity index (χ0v) is 11.5. The molecule has 0 amide bonds. The van der Waals surface area contributed by atoms with Crippen molar-refractivity contribution in [3.63, 3.8) is 0 Å². The summed E-state index contributed by atoms with van der Waals surface area (Å²) in [5.74, 6) is -0.310. The molecule has 6 heteroatoms. The van der Waals surface area contributed by atoms with Crippen LogP contribution in [0.3, 0.4) is 0 Å². The molecule has 1 aromatic rings. The van der Waals surface area contributed by atoms with E-state index >= 15 is 0 Å². The molecule has 0 aliphatic heterocycles. The van der Waals surface area contributed by atoms with Crippen LogP contribution in [0.5, 0.6) is 0 Å². The van der Waals surface area contributed by atoms with Crippen LogP contribution >= 0.6 is 7.60 Å². The van der Waals surface area contributed by atoms with Gasteiger partial charge in [-0.25, -0.2) is 0 Å². The van der Waals surface area contributed by atoms with Gasteiger partial charge in [-0.1, -0.05) is 30.3 Å². The van der Waals surface area contributed by atoms with Crippen LogP contribution in [0.15, 0.2) is 30.3 Å². The maximum atomic E-state index is 12.5. The quantitative estimate of drug-likeness (QED) is 0.804. The minimum absolute atomic E-state index is 0.310. The molecule has 100 valence electrons. The predicted molar refractivity (Wildman–Crippen MR) is 67.3 cm³/mol. The van der Waals surface area contributed by atoms with Crippen LogP contribution in [0.4, 0.5) is 0 Å². The molecule has 0 spiro atoms. The van der Waals surface area contributed by atoms with Crippen molar-refractivity contribution in [3.05, 3.63) is 35.9 Å². The second kappa shape index (κ2) is 5.76. The summed E-state index contributed by atoms with van der Waals surface area (Å²) in [5, 5.41) is 8.67. The van der Waals surface area contributed by atoms with Crippen LogP contribution < -0.4 is 0 Å². The number of carbonyl (C=O) groups excluding carboxylic acids is 1. The summed E-state index contributed by atoms with van der Waals surface area (Å²) in [7, 11) is -1.49. The lowest BCUT2D eigenvalue weighted by molar-refractivity contribution is -0.120. The summed E-state index contributed by atoms with van der Waals surface area (Å²) in [5.41, 5.74) is 0.326. The van der Waals surface area contributed by atoms with Gasteiger partial charge in [-0.2, -0.15) is 0 Å². The molecule has 0 aromatic heterocycles. The van der Waals surface area contributed by atoms with Crippen molar-refractivity contribution >= 4 is 13.4 Å². The Morgan fingerprint density at radius 3 is 2.17 bits per heavy atom. The van der Waals surface area contributed by atoms with Gasteiger partial charge in [-0.15, -0.1) is 0 Å². The average Bonchev–Trinajstić information content (AvgIpc) is 2.37. The van der Waals surface area contributed by atoms with Crippen LogP contribution in [0.25, 0.3) is 0 Å². The van der Waals surface area contributed by atoms with Gasteiger partial charge in [0.15, 0.2) is 5.34 Å². The van der Waals surface area contributed by atoms with Gasteiger partial charge in [0, 0.05) is 14.2 Å². The van der Waals surface area contributed by atoms with E-state index in [4.69, 9.17) is 9.05 Å². The Balaban J connectivity index is 3.36. The highest BCUT2D eigenvalue weighted by Crippen LogP contribution is 2.64. The summed E-state index contributed by atoms with van der Waals surface area (Å²) in [6, 6.07) is 8.26. The fraction of sp³-hybridized carbons (Fsp3) is 0.417. The molecule has 0 fully saturated rings. The molecule has 0 saturated heterocycles. The lowest BCUT2D eigenvalue weighted by Crippen LogP contribution is -2.29. The lowest BCUT2D eigenvalue weighted by Gasteiger charge is -2.32. The Hall–Kier alpha value is -1.00. The molecule has 0 saturated carbocycles. The Kier molecular flexibility index (Phi) is 4.82. The molecule has 0 aliphatic rings. The average molecular weight is 272 g/mol. The molecular weight excluding hydrogens is 255 g/mol. The van der Waals surface area contributed by atoms with Crippen molar-refractivity contribution in [2.45, 2.75) is 18.7 Å². The zero-order chi connectivity index (χ0) is 13.8. The van der Waals surface area contributed by atoms with E-state index in [2.05, 4.69) is 0 Å². The largest absolute Gasteiger partial charge is 0.373 e. The number of ketones is 1. The first kappa shape index (κ1) is 15.1. The van der Waals surface area contributed by atoms with E-state index in [-0.39, 0.29) is 12.2 Å². The van der Waals surface area contributed by atoms with Crippen molar-refractivity contribution in [3.8, 4) is 0 Å². The van der Waals surface area contributed by atoms with E-state index in [1.807, 2.05) is 0 Å². The van der Waals surface area contributed by atoms with E-state index in [0.29, 0.717) is 5.56 Å². The van der Waals surface area contributed by atoms with Crippen molar-refractivity contribution in [2.24, 2.45) is 0 Å². The fourth-order valence-corrected chi connectivity index (χ4v) is 3.42. The highest BCUT2D eigenvalue weighted by atomic mass is 31.2. The molecule has 1 unspecified atom stereocenters. The van der Waals surface area contributed by atoms with Crippen LogP contribution in [-0.2, 0) is 23.7 Å². The number of Topliss-reactive ketones (excluding diaryl/α,β-unsaturated/α-hetero) is 1. The zero-order valence-electron chi connectivity index (χ0n) is 10.6. The van der Waals surface area contributed by atoms with Crippen LogP contribution in [0, 0.1) is 0 Å². The summed E-state index contributed by atoms with van der Waals surface area (Å²) in [4.78, 5) is 11.3. The first-order valence-electron chi connectivity index (χ1n) is 5.38. The van der Waals surface area contributed by atoms with Gasteiger partial charge in [0.25, 0.3) is 0 Å². The third-order valence-corrected chi connectivity index (χ3v) is 4.95. The topological polar surface area (TPSA) is 72.8 Å². The molecular formula is C12H17O5P. The Morgan fingerprint density at radius 1 is 1.28 bits per heavy atom. The monoisotopic (exact) mass is 272 g/mol. The fourth-order valence-electron chi connectivity index (χ4n) is 1.79. The highest BCUT2D eigenvalue weighted by molar-refractivity contribution is 7.54. The van der Waals surface area contributed by atoms with Crippen molar-refractivity contribution in [2.75, 3.05) is 14.2 Å². The number of carbonyl (C=O) groups is 1. The van der Waals surface area contributed by atoms with Crippen molar-refractivity contribution < 1.29 is 23.5 Å². The second-order valence-corrected chi connectivity index (χ2v) is 6.39. The molecule has 1 aromatic carbocycles. The maximum absolute atomic E-state index is 12.5. The van der Waals surface area contributed by atoms with Gasteiger partial charge >= 0.3 is 7.60 Å². The molecule has 5 nitrogen and oxygen atoms in total. The molecule has 1 atom stereocenters. The van der Waals surface area contributed by atoms with Crippen molar-refractivity contribution in [1.82, 2.24) is 0 Å². The van der Waals surface area contributed by atoms with Gasteiger partial charge in [-0.05, 0) is 12.5 Å². The normalized spacial score (nSPS) is 15.1. The van der Waals surface area contributed by atoms with E-state index in [1.165, 1.54) is 21.1 Å². The minimum Gasteiger partial charge on any atom is -0.373 e. The van der Waals surface area contributed by atoms with E-state index in [0.717, 1.165) is 0 Å². The van der Waals surface area contributed by atoms with E-state index in [9.17, 15) is 14.5 Å². The molecule has 0 radical (unpaired) electrons. The Labute approximate surface area is 106 Å². The molecule has 0 heterocycles. The predicted octanol–water partition coefficient (Wildman–Crippen LogP) is 2.30. The van der Waals surface area contributed by atoms with Gasteiger partial charge in [0.05, 0.1) is 6.42 Å². The third kappa shape index (κ3) is 2.70. The Bertz CT molecular complexity index is 451. The first-order chi connectivity index (χ1) is 8.39. The number of rotatable bonds is 6. The van der Waals surface area contributed by atoms with Gasteiger partial charge in [0.2, 0.25) is 0 Å². The second-order valence-electron chi connectivity index (χ2n) is 3.92. The summed E-state index contributed by atoms with van der Waals surface area (Å²) < 4.78 is 22.1. The Morgan fingerprint density at radius 2 is 1.78 bits per heavy atom. The molecule has 1 N–H and O–H groups in total. The van der Waals surface area contributed by atoms with Crippen LogP contribution in [0.1, 0.15) is 18.9 Å². The minimum atomic E-state index is -3.84. The van der Waals surface area contributed by atoms with E-state index in [1.54, 1.807) is 30.3 Å². The molecule has 18 heavy (non-hydrogen) atoms. The smallest absolute Gasteiger partial charge is 0.366 e. The number of hydrogen-bond acceptors (Lipinski definition) is 5. The third-order valence-electron chi connectivity index (χ3n) is 2.67.